The van der Waals surface area contributed by atoms with Crippen molar-refractivity contribution < 1.29 is 4.79 Å². The summed E-state index contributed by atoms with van der Waals surface area (Å²) in [6, 6.07) is 4.76. The molecule has 5 heteroatoms. The molecule has 88 valence electrons. The van der Waals surface area contributed by atoms with E-state index in [4.69, 9.17) is 0 Å². The number of aromatic nitrogens is 2. The number of carbonyl (C=O) groups excluding carboxylic acids is 1. The number of hydrogen-bond donors (Lipinski definition) is 0. The van der Waals surface area contributed by atoms with Crippen LogP contribution in [-0.4, -0.2) is 14.9 Å². The molecule has 2 aromatic rings. The third kappa shape index (κ3) is 1.60. The summed E-state index contributed by atoms with van der Waals surface area (Å²) in [6.07, 6.45) is 0. The fraction of sp³-hybridized carbons (Fsp3) is 0.250. The molecule has 0 radical (unpaired) electrons. The van der Waals surface area contributed by atoms with Crippen molar-refractivity contribution in [3.63, 3.8) is 0 Å². The van der Waals surface area contributed by atoms with Crippen LogP contribution in [0.2, 0.25) is 0 Å². The number of benzene rings is 1. The van der Waals surface area contributed by atoms with Crippen LogP contribution in [0.3, 0.4) is 0 Å². The van der Waals surface area contributed by atoms with Gasteiger partial charge >= 0.3 is 5.69 Å². The van der Waals surface area contributed by atoms with E-state index in [-0.39, 0.29) is 17.0 Å². The van der Waals surface area contributed by atoms with Gasteiger partial charge in [-0.05, 0) is 25.1 Å². The Hall–Kier alpha value is -2.17. The Bertz CT molecular complexity index is 738. The number of carbonyl (C=O) groups is 1. The molecule has 0 amide bonds. The Balaban J connectivity index is 3.02. The molecule has 17 heavy (non-hydrogen) atoms. The molecule has 0 atom stereocenters. The summed E-state index contributed by atoms with van der Waals surface area (Å²) in [5, 5.41) is 0.377. The highest BCUT2D eigenvalue weighted by molar-refractivity contribution is 5.97. The second-order valence-corrected chi connectivity index (χ2v) is 3.99. The van der Waals surface area contributed by atoms with Crippen molar-refractivity contribution in [1.29, 1.82) is 0 Å². The van der Waals surface area contributed by atoms with E-state index < -0.39 is 0 Å². The van der Waals surface area contributed by atoms with Gasteiger partial charge in [0.05, 0.1) is 10.9 Å². The van der Waals surface area contributed by atoms with Crippen LogP contribution in [0.5, 0.6) is 0 Å². The van der Waals surface area contributed by atoms with Crippen LogP contribution in [0.4, 0.5) is 0 Å². The summed E-state index contributed by atoms with van der Waals surface area (Å²) in [4.78, 5) is 34.9. The largest absolute Gasteiger partial charge is 0.330 e. The zero-order chi connectivity index (χ0) is 12.7. The molecule has 0 unspecified atom stereocenters. The average molecular weight is 232 g/mol. The van der Waals surface area contributed by atoms with Crippen LogP contribution in [0, 0.1) is 0 Å². The van der Waals surface area contributed by atoms with Crippen molar-refractivity contribution in [1.82, 2.24) is 9.13 Å². The van der Waals surface area contributed by atoms with Gasteiger partial charge in [-0.15, -0.1) is 0 Å². The van der Waals surface area contributed by atoms with Crippen LogP contribution in [0.1, 0.15) is 17.3 Å². The Morgan fingerprint density at radius 2 is 1.76 bits per heavy atom. The summed E-state index contributed by atoms with van der Waals surface area (Å²) in [7, 11) is 3.02. The Labute approximate surface area is 96.9 Å². The Morgan fingerprint density at radius 3 is 2.35 bits per heavy atom. The van der Waals surface area contributed by atoms with E-state index >= 15 is 0 Å². The number of ketones is 1. The predicted molar refractivity (Wildman–Crippen MR) is 64.4 cm³/mol. The number of aryl methyl sites for hydroxylation is 1. The molecule has 0 aliphatic carbocycles. The van der Waals surface area contributed by atoms with Gasteiger partial charge in [0.15, 0.2) is 5.78 Å². The maximum atomic E-state index is 11.9. The van der Waals surface area contributed by atoms with Gasteiger partial charge in [-0.25, -0.2) is 4.79 Å². The number of nitrogens with zero attached hydrogens (tertiary/aromatic N) is 2. The van der Waals surface area contributed by atoms with Crippen molar-refractivity contribution in [2.75, 3.05) is 0 Å². The standard InChI is InChI=1S/C12H12N2O3/c1-7(15)8-4-5-10-9(6-8)11(16)14(3)12(17)13(10)2/h4-6H,1-3H3. The topological polar surface area (TPSA) is 61.1 Å². The van der Waals surface area contributed by atoms with Gasteiger partial charge in [-0.1, -0.05) is 0 Å². The molecule has 1 heterocycles. The third-order valence-electron chi connectivity index (χ3n) is 2.87. The molecule has 0 aliphatic rings. The van der Waals surface area contributed by atoms with E-state index in [1.807, 2.05) is 0 Å². The Morgan fingerprint density at radius 1 is 1.12 bits per heavy atom. The molecule has 0 bridgehead atoms. The number of hydrogen-bond acceptors (Lipinski definition) is 3. The minimum atomic E-state index is -0.383. The Kier molecular flexibility index (Phi) is 2.46. The molecular weight excluding hydrogens is 220 g/mol. The minimum Gasteiger partial charge on any atom is -0.296 e. The van der Waals surface area contributed by atoms with Crippen molar-refractivity contribution >= 4 is 16.7 Å². The molecule has 1 aromatic carbocycles. The van der Waals surface area contributed by atoms with Crippen molar-refractivity contribution in [3.8, 4) is 0 Å². The number of fused-ring (bicyclic) bond motifs is 1. The molecule has 0 saturated carbocycles. The van der Waals surface area contributed by atoms with E-state index in [2.05, 4.69) is 0 Å². The first-order valence-corrected chi connectivity index (χ1v) is 5.14. The van der Waals surface area contributed by atoms with Crippen LogP contribution in [0.25, 0.3) is 10.9 Å². The van der Waals surface area contributed by atoms with Gasteiger partial charge in [0, 0.05) is 19.7 Å². The highest BCUT2D eigenvalue weighted by atomic mass is 16.2. The second kappa shape index (κ2) is 3.69. The van der Waals surface area contributed by atoms with E-state index in [0.29, 0.717) is 16.5 Å². The molecule has 0 spiro atoms. The van der Waals surface area contributed by atoms with Crippen LogP contribution in [-0.2, 0) is 14.1 Å². The first kappa shape index (κ1) is 11.3. The van der Waals surface area contributed by atoms with Crippen LogP contribution in [0.15, 0.2) is 27.8 Å². The summed E-state index contributed by atoms with van der Waals surface area (Å²) in [5.41, 5.74) is 0.237. The molecule has 0 N–H and O–H groups in total. The summed E-state index contributed by atoms with van der Waals surface area (Å²) in [6.45, 7) is 1.44. The second-order valence-electron chi connectivity index (χ2n) is 3.99. The third-order valence-corrected chi connectivity index (χ3v) is 2.87. The molecular formula is C12H12N2O3. The molecule has 2 rings (SSSR count). The molecule has 5 nitrogen and oxygen atoms in total. The van der Waals surface area contributed by atoms with Gasteiger partial charge in [0.25, 0.3) is 5.56 Å². The molecule has 0 fully saturated rings. The van der Waals surface area contributed by atoms with Gasteiger partial charge in [-0.2, -0.15) is 0 Å². The summed E-state index contributed by atoms with van der Waals surface area (Å²) >= 11 is 0. The fourth-order valence-corrected chi connectivity index (χ4v) is 1.81. The van der Waals surface area contributed by atoms with Gasteiger partial charge in [0.1, 0.15) is 0 Å². The summed E-state index contributed by atoms with van der Waals surface area (Å²) in [5.74, 6) is -0.109. The van der Waals surface area contributed by atoms with Crippen molar-refractivity contribution in [2.24, 2.45) is 14.1 Å². The average Bonchev–Trinajstić information content (AvgIpc) is 2.32. The maximum Gasteiger partial charge on any atom is 0.330 e. The lowest BCUT2D eigenvalue weighted by molar-refractivity contribution is 0.101. The normalized spacial score (nSPS) is 10.8. The van der Waals surface area contributed by atoms with Crippen LogP contribution >= 0.6 is 0 Å². The summed E-state index contributed by atoms with van der Waals surface area (Å²) < 4.78 is 2.42. The van der Waals surface area contributed by atoms with E-state index in [1.54, 1.807) is 19.2 Å². The first-order valence-electron chi connectivity index (χ1n) is 5.14. The molecule has 1 aromatic heterocycles. The van der Waals surface area contributed by atoms with Crippen molar-refractivity contribution in [3.05, 3.63) is 44.6 Å². The monoisotopic (exact) mass is 232 g/mol. The zero-order valence-electron chi connectivity index (χ0n) is 9.85. The lowest BCUT2D eigenvalue weighted by atomic mass is 10.1. The quantitative estimate of drug-likeness (QED) is 0.670. The van der Waals surface area contributed by atoms with Gasteiger partial charge in [0.2, 0.25) is 0 Å². The zero-order valence-corrected chi connectivity index (χ0v) is 9.85. The van der Waals surface area contributed by atoms with E-state index in [9.17, 15) is 14.4 Å². The molecule has 0 aliphatic heterocycles. The SMILES string of the molecule is CC(=O)c1ccc2c(c1)c(=O)n(C)c(=O)n2C. The predicted octanol–water partition coefficient (Wildman–Crippen LogP) is 0.440. The maximum absolute atomic E-state index is 11.9. The smallest absolute Gasteiger partial charge is 0.296 e. The van der Waals surface area contributed by atoms with Gasteiger partial charge < -0.3 is 0 Å². The highest BCUT2D eigenvalue weighted by Gasteiger charge is 2.09. The van der Waals surface area contributed by atoms with Gasteiger partial charge in [-0.3, -0.25) is 18.7 Å². The van der Waals surface area contributed by atoms with Crippen LogP contribution < -0.4 is 11.2 Å². The highest BCUT2D eigenvalue weighted by Crippen LogP contribution is 2.10. The lowest BCUT2D eigenvalue weighted by Gasteiger charge is -2.07. The molecule has 0 saturated heterocycles. The fourth-order valence-electron chi connectivity index (χ4n) is 1.81. The van der Waals surface area contributed by atoms with E-state index in [1.165, 1.54) is 24.6 Å². The first-order chi connectivity index (χ1) is 7.93. The number of rotatable bonds is 1. The van der Waals surface area contributed by atoms with E-state index in [0.717, 1.165) is 4.57 Å². The lowest BCUT2D eigenvalue weighted by Crippen LogP contribution is -2.37. The minimum absolute atomic E-state index is 0.109. The number of Topliss-reactive ketones (excluding diaryl/α,β-unsaturated/α-hetero) is 1. The van der Waals surface area contributed by atoms with Crippen molar-refractivity contribution in [2.45, 2.75) is 6.92 Å².